The first kappa shape index (κ1) is 7.03. The molecular weight excluding hydrogens is 114 g/mol. The molecular formula is C7H15NO. The van der Waals surface area contributed by atoms with Crippen LogP contribution in [0, 0.1) is 0 Å². The summed E-state index contributed by atoms with van der Waals surface area (Å²) >= 11 is 0. The lowest BCUT2D eigenvalue weighted by Gasteiger charge is -2.28. The minimum absolute atomic E-state index is 0.231. The van der Waals surface area contributed by atoms with E-state index in [9.17, 15) is 0 Å². The summed E-state index contributed by atoms with van der Waals surface area (Å²) in [7, 11) is 0. The minimum atomic E-state index is -0.231. The van der Waals surface area contributed by atoms with Gasteiger partial charge in [-0.15, -0.1) is 0 Å². The maximum absolute atomic E-state index is 9.10. The molecule has 0 amide bonds. The van der Waals surface area contributed by atoms with Gasteiger partial charge in [0.25, 0.3) is 0 Å². The van der Waals surface area contributed by atoms with Crippen LogP contribution in [0.15, 0.2) is 0 Å². The molecule has 1 aliphatic rings. The smallest absolute Gasteiger partial charge is 0.104 e. The first-order valence-corrected chi connectivity index (χ1v) is 3.73. The van der Waals surface area contributed by atoms with Crippen molar-refractivity contribution in [1.82, 2.24) is 4.90 Å². The van der Waals surface area contributed by atoms with Gasteiger partial charge >= 0.3 is 0 Å². The van der Waals surface area contributed by atoms with Crippen molar-refractivity contribution in [3.8, 4) is 0 Å². The standard InChI is InChI=1S/C7H15NO/c1-7(9)8-5-3-2-4-6-8/h7,9H,2-6H2,1H3/t7-/m0/s1. The van der Waals surface area contributed by atoms with E-state index >= 15 is 0 Å². The van der Waals surface area contributed by atoms with Crippen LogP contribution < -0.4 is 0 Å². The van der Waals surface area contributed by atoms with Crippen LogP contribution in [0.25, 0.3) is 0 Å². The first-order chi connectivity index (χ1) is 4.30. The average Bonchev–Trinajstić information content (AvgIpc) is 1.90. The molecule has 54 valence electrons. The van der Waals surface area contributed by atoms with Gasteiger partial charge in [0, 0.05) is 13.1 Å². The number of rotatable bonds is 1. The maximum atomic E-state index is 9.10. The molecule has 9 heavy (non-hydrogen) atoms. The highest BCUT2D eigenvalue weighted by atomic mass is 16.3. The Bertz CT molecular complexity index is 77.0. The molecule has 0 spiro atoms. The number of nitrogens with zero attached hydrogens (tertiary/aromatic N) is 1. The van der Waals surface area contributed by atoms with Crippen molar-refractivity contribution in [2.24, 2.45) is 0 Å². The third-order valence-electron chi connectivity index (χ3n) is 1.92. The minimum Gasteiger partial charge on any atom is -0.379 e. The monoisotopic (exact) mass is 129 g/mol. The lowest BCUT2D eigenvalue weighted by molar-refractivity contribution is 0.00665. The third-order valence-corrected chi connectivity index (χ3v) is 1.92. The van der Waals surface area contributed by atoms with Crippen molar-refractivity contribution in [2.45, 2.75) is 32.4 Å². The topological polar surface area (TPSA) is 23.5 Å². The van der Waals surface area contributed by atoms with Crippen molar-refractivity contribution in [3.63, 3.8) is 0 Å². The summed E-state index contributed by atoms with van der Waals surface area (Å²) in [5, 5.41) is 9.10. The highest BCUT2D eigenvalue weighted by molar-refractivity contribution is 4.63. The molecule has 0 saturated carbocycles. The molecule has 0 radical (unpaired) electrons. The van der Waals surface area contributed by atoms with Crippen LogP contribution in [0.4, 0.5) is 0 Å². The van der Waals surface area contributed by atoms with Gasteiger partial charge in [0.15, 0.2) is 0 Å². The Morgan fingerprint density at radius 1 is 1.22 bits per heavy atom. The summed E-state index contributed by atoms with van der Waals surface area (Å²) in [5.41, 5.74) is 0. The molecule has 0 aliphatic carbocycles. The van der Waals surface area contributed by atoms with Crippen molar-refractivity contribution in [1.29, 1.82) is 0 Å². The van der Waals surface area contributed by atoms with Crippen molar-refractivity contribution in [2.75, 3.05) is 13.1 Å². The van der Waals surface area contributed by atoms with E-state index in [4.69, 9.17) is 5.11 Å². The Balaban J connectivity index is 2.23. The summed E-state index contributed by atoms with van der Waals surface area (Å²) < 4.78 is 0. The SMILES string of the molecule is C[C@H](O)N1CCCCC1. The Morgan fingerprint density at radius 3 is 2.11 bits per heavy atom. The Kier molecular flexibility index (Phi) is 2.49. The van der Waals surface area contributed by atoms with Crippen LogP contribution in [0.3, 0.4) is 0 Å². The quantitative estimate of drug-likeness (QED) is 0.566. The predicted molar refractivity (Wildman–Crippen MR) is 37.1 cm³/mol. The van der Waals surface area contributed by atoms with Gasteiger partial charge in [-0.1, -0.05) is 6.42 Å². The molecule has 1 N–H and O–H groups in total. The van der Waals surface area contributed by atoms with Crippen LogP contribution in [0.1, 0.15) is 26.2 Å². The van der Waals surface area contributed by atoms with Crippen LogP contribution >= 0.6 is 0 Å². The average molecular weight is 129 g/mol. The van der Waals surface area contributed by atoms with E-state index in [2.05, 4.69) is 4.90 Å². The van der Waals surface area contributed by atoms with Gasteiger partial charge < -0.3 is 5.11 Å². The highest BCUT2D eigenvalue weighted by Gasteiger charge is 2.12. The van der Waals surface area contributed by atoms with E-state index in [0.29, 0.717) is 0 Å². The molecule has 2 nitrogen and oxygen atoms in total. The van der Waals surface area contributed by atoms with E-state index in [1.807, 2.05) is 6.92 Å². The predicted octanol–water partition coefficient (Wildman–Crippen LogP) is 0.811. The van der Waals surface area contributed by atoms with Gasteiger partial charge in [0.2, 0.25) is 0 Å². The number of hydrogen-bond donors (Lipinski definition) is 1. The molecule has 1 atom stereocenters. The second-order valence-electron chi connectivity index (χ2n) is 2.73. The van der Waals surface area contributed by atoms with Gasteiger partial charge in [0.05, 0.1) is 0 Å². The number of hydrogen-bond acceptors (Lipinski definition) is 2. The Hall–Kier alpha value is -0.0800. The molecule has 1 heterocycles. The summed E-state index contributed by atoms with van der Waals surface area (Å²) in [5.74, 6) is 0. The van der Waals surface area contributed by atoms with E-state index in [0.717, 1.165) is 13.1 Å². The molecule has 1 aliphatic heterocycles. The van der Waals surface area contributed by atoms with Crippen molar-refractivity contribution < 1.29 is 5.11 Å². The zero-order valence-corrected chi connectivity index (χ0v) is 6.01. The summed E-state index contributed by atoms with van der Waals surface area (Å²) in [6.45, 7) is 4.00. The fourth-order valence-corrected chi connectivity index (χ4v) is 1.29. The van der Waals surface area contributed by atoms with Gasteiger partial charge in [-0.2, -0.15) is 0 Å². The van der Waals surface area contributed by atoms with Gasteiger partial charge in [-0.25, -0.2) is 0 Å². The molecule has 0 aromatic rings. The second kappa shape index (κ2) is 3.18. The van der Waals surface area contributed by atoms with Gasteiger partial charge in [0.1, 0.15) is 6.23 Å². The molecule has 1 fully saturated rings. The summed E-state index contributed by atoms with van der Waals surface area (Å²) in [4.78, 5) is 2.11. The van der Waals surface area contributed by atoms with E-state index < -0.39 is 0 Å². The number of aliphatic hydroxyl groups excluding tert-OH is 1. The molecule has 2 heteroatoms. The molecule has 0 unspecified atom stereocenters. The number of likely N-dealkylation sites (tertiary alicyclic amines) is 1. The molecule has 0 aromatic heterocycles. The van der Waals surface area contributed by atoms with Crippen LogP contribution in [0.5, 0.6) is 0 Å². The van der Waals surface area contributed by atoms with E-state index in [1.54, 1.807) is 0 Å². The zero-order chi connectivity index (χ0) is 6.69. The summed E-state index contributed by atoms with van der Waals surface area (Å²) in [6, 6.07) is 0. The number of aliphatic hydroxyl groups is 1. The third kappa shape index (κ3) is 1.95. The highest BCUT2D eigenvalue weighted by Crippen LogP contribution is 2.09. The van der Waals surface area contributed by atoms with E-state index in [-0.39, 0.29) is 6.23 Å². The van der Waals surface area contributed by atoms with Crippen LogP contribution in [0.2, 0.25) is 0 Å². The second-order valence-corrected chi connectivity index (χ2v) is 2.73. The molecule has 1 saturated heterocycles. The largest absolute Gasteiger partial charge is 0.379 e. The Morgan fingerprint density at radius 2 is 1.78 bits per heavy atom. The number of piperidine rings is 1. The molecule has 0 aromatic carbocycles. The van der Waals surface area contributed by atoms with Gasteiger partial charge in [-0.05, 0) is 19.8 Å². The summed E-state index contributed by atoms with van der Waals surface area (Å²) in [6.07, 6.45) is 3.62. The van der Waals surface area contributed by atoms with Crippen molar-refractivity contribution in [3.05, 3.63) is 0 Å². The fourth-order valence-electron chi connectivity index (χ4n) is 1.29. The zero-order valence-electron chi connectivity index (χ0n) is 6.01. The lowest BCUT2D eigenvalue weighted by atomic mass is 10.1. The molecule has 0 bridgehead atoms. The lowest BCUT2D eigenvalue weighted by Crippen LogP contribution is -2.36. The Labute approximate surface area is 56.5 Å². The van der Waals surface area contributed by atoms with Crippen LogP contribution in [-0.4, -0.2) is 29.3 Å². The van der Waals surface area contributed by atoms with Crippen LogP contribution in [-0.2, 0) is 0 Å². The van der Waals surface area contributed by atoms with E-state index in [1.165, 1.54) is 19.3 Å². The fraction of sp³-hybridized carbons (Fsp3) is 1.00. The first-order valence-electron chi connectivity index (χ1n) is 3.73. The maximum Gasteiger partial charge on any atom is 0.104 e. The normalized spacial score (nSPS) is 26.0. The van der Waals surface area contributed by atoms with Crippen molar-refractivity contribution >= 4 is 0 Å². The molecule has 1 rings (SSSR count). The van der Waals surface area contributed by atoms with Gasteiger partial charge in [-0.3, -0.25) is 4.90 Å².